The molecule has 3 aliphatic rings. The molecular formula is C19H22ClFN4O. The molecule has 138 valence electrons. The fourth-order valence-corrected chi connectivity index (χ4v) is 4.60. The highest BCUT2D eigenvalue weighted by Crippen LogP contribution is 2.32. The molecule has 1 aromatic heterocycles. The third-order valence-electron chi connectivity index (χ3n) is 5.89. The number of benzene rings is 1. The Morgan fingerprint density at radius 1 is 1.15 bits per heavy atom. The maximum absolute atomic E-state index is 14.2. The van der Waals surface area contributed by atoms with Crippen LogP contribution in [-0.2, 0) is 12.8 Å². The molecule has 1 amide bonds. The summed E-state index contributed by atoms with van der Waals surface area (Å²) < 4.78 is 15.9. The van der Waals surface area contributed by atoms with Gasteiger partial charge in [-0.1, -0.05) is 12.1 Å². The first kappa shape index (κ1) is 17.5. The van der Waals surface area contributed by atoms with Gasteiger partial charge in [-0.15, -0.1) is 12.4 Å². The zero-order valence-electron chi connectivity index (χ0n) is 14.4. The molecule has 7 heteroatoms. The predicted molar refractivity (Wildman–Crippen MR) is 98.5 cm³/mol. The maximum atomic E-state index is 14.2. The highest BCUT2D eigenvalue weighted by molar-refractivity contribution is 5.94. The largest absolute Gasteiger partial charge is 0.337 e. The summed E-state index contributed by atoms with van der Waals surface area (Å²) in [5.74, 6) is 0.833. The second kappa shape index (κ2) is 6.67. The highest BCUT2D eigenvalue weighted by Gasteiger charge is 2.40. The number of fused-ring (bicyclic) bond motifs is 2. The molecule has 0 saturated carbocycles. The number of carbonyl (C=O) groups is 1. The van der Waals surface area contributed by atoms with E-state index in [0.717, 1.165) is 56.7 Å². The van der Waals surface area contributed by atoms with E-state index in [9.17, 15) is 9.18 Å². The molecule has 1 aromatic carbocycles. The number of hydrogen-bond donors (Lipinski definition) is 1. The second-order valence-corrected chi connectivity index (χ2v) is 7.38. The van der Waals surface area contributed by atoms with Crippen molar-refractivity contribution in [2.24, 2.45) is 11.8 Å². The van der Waals surface area contributed by atoms with E-state index in [0.29, 0.717) is 23.2 Å². The van der Waals surface area contributed by atoms with E-state index in [4.69, 9.17) is 0 Å². The van der Waals surface area contributed by atoms with Gasteiger partial charge in [0.2, 0.25) is 0 Å². The number of nitrogens with zero attached hydrogens (tertiary/aromatic N) is 3. The minimum Gasteiger partial charge on any atom is -0.337 e. The van der Waals surface area contributed by atoms with E-state index in [1.807, 2.05) is 4.90 Å². The number of likely N-dealkylation sites (tertiary alicyclic amines) is 1. The Morgan fingerprint density at radius 2 is 1.88 bits per heavy atom. The van der Waals surface area contributed by atoms with Gasteiger partial charge in [0.1, 0.15) is 11.5 Å². The zero-order chi connectivity index (χ0) is 17.0. The predicted octanol–water partition coefficient (Wildman–Crippen LogP) is 2.21. The normalized spacial score (nSPS) is 23.7. The molecule has 0 spiro atoms. The van der Waals surface area contributed by atoms with Crippen molar-refractivity contribution in [3.8, 4) is 5.69 Å². The highest BCUT2D eigenvalue weighted by atomic mass is 35.5. The van der Waals surface area contributed by atoms with Crippen LogP contribution in [0.1, 0.15) is 28.2 Å². The van der Waals surface area contributed by atoms with Gasteiger partial charge < -0.3 is 10.2 Å². The Bertz CT molecular complexity index is 840. The number of hydrogen-bond acceptors (Lipinski definition) is 3. The molecule has 0 radical (unpaired) electrons. The smallest absolute Gasteiger partial charge is 0.274 e. The molecule has 2 saturated heterocycles. The van der Waals surface area contributed by atoms with Crippen LogP contribution in [-0.4, -0.2) is 46.8 Å². The topological polar surface area (TPSA) is 50.2 Å². The van der Waals surface area contributed by atoms with Crippen molar-refractivity contribution in [2.75, 3.05) is 26.2 Å². The van der Waals surface area contributed by atoms with Crippen molar-refractivity contribution in [1.82, 2.24) is 20.0 Å². The van der Waals surface area contributed by atoms with Gasteiger partial charge >= 0.3 is 0 Å². The Balaban J connectivity index is 0.00000168. The summed E-state index contributed by atoms with van der Waals surface area (Å²) in [5, 5.41) is 7.97. The lowest BCUT2D eigenvalue weighted by Gasteiger charge is -2.16. The summed E-state index contributed by atoms with van der Waals surface area (Å²) >= 11 is 0. The van der Waals surface area contributed by atoms with Crippen LogP contribution in [0.5, 0.6) is 0 Å². The third kappa shape index (κ3) is 2.63. The lowest BCUT2D eigenvalue weighted by molar-refractivity contribution is 0.0774. The van der Waals surface area contributed by atoms with Crippen LogP contribution in [0.25, 0.3) is 5.69 Å². The molecule has 1 N–H and O–H groups in total. The first-order chi connectivity index (χ1) is 12.2. The quantitative estimate of drug-likeness (QED) is 0.874. The first-order valence-electron chi connectivity index (χ1n) is 9.08. The van der Waals surface area contributed by atoms with Gasteiger partial charge in [-0.2, -0.15) is 5.10 Å². The van der Waals surface area contributed by atoms with Crippen LogP contribution in [0.2, 0.25) is 0 Å². The Hall–Kier alpha value is -1.92. The van der Waals surface area contributed by atoms with Gasteiger partial charge in [0.05, 0.1) is 0 Å². The number of halogens is 2. The van der Waals surface area contributed by atoms with Gasteiger partial charge in [0.15, 0.2) is 5.69 Å². The molecule has 2 aromatic rings. The lowest BCUT2D eigenvalue weighted by Crippen LogP contribution is -2.32. The van der Waals surface area contributed by atoms with Crippen molar-refractivity contribution in [3.63, 3.8) is 0 Å². The average Bonchev–Trinajstić information content (AvgIpc) is 3.35. The van der Waals surface area contributed by atoms with Crippen LogP contribution in [0.3, 0.4) is 0 Å². The van der Waals surface area contributed by atoms with Crippen LogP contribution in [0.15, 0.2) is 24.3 Å². The monoisotopic (exact) mass is 376 g/mol. The SMILES string of the molecule is Cl.O=C(c1nn(-c2ccccc2F)c2c1CCC2)N1C[C@H]2CNC[C@H]2C1. The summed E-state index contributed by atoms with van der Waals surface area (Å²) in [4.78, 5) is 15.1. The van der Waals surface area contributed by atoms with Crippen LogP contribution in [0, 0.1) is 17.7 Å². The number of rotatable bonds is 2. The Morgan fingerprint density at radius 3 is 2.62 bits per heavy atom. The van der Waals surface area contributed by atoms with E-state index >= 15 is 0 Å². The minimum atomic E-state index is -0.305. The van der Waals surface area contributed by atoms with E-state index in [-0.39, 0.29) is 24.1 Å². The number of para-hydroxylation sites is 1. The molecule has 2 aliphatic heterocycles. The van der Waals surface area contributed by atoms with E-state index < -0.39 is 0 Å². The standard InChI is InChI=1S/C19H21FN4O.ClH/c20-15-5-1-2-6-17(15)24-16-7-3-4-14(16)18(22-24)19(25)23-10-12-8-21-9-13(12)11-23;/h1-2,5-6,12-13,21H,3-4,7-11H2;1H/t12-,13+;. The molecule has 0 unspecified atom stereocenters. The summed E-state index contributed by atoms with van der Waals surface area (Å²) in [7, 11) is 0. The molecule has 2 atom stereocenters. The molecular weight excluding hydrogens is 355 g/mol. The fourth-order valence-electron chi connectivity index (χ4n) is 4.60. The van der Waals surface area contributed by atoms with Crippen molar-refractivity contribution in [3.05, 3.63) is 47.0 Å². The molecule has 5 nitrogen and oxygen atoms in total. The van der Waals surface area contributed by atoms with E-state index in [2.05, 4.69) is 10.4 Å². The first-order valence-corrected chi connectivity index (χ1v) is 9.08. The third-order valence-corrected chi connectivity index (χ3v) is 5.89. The Labute approximate surface area is 158 Å². The van der Waals surface area contributed by atoms with Gasteiger partial charge in [0.25, 0.3) is 5.91 Å². The minimum absolute atomic E-state index is 0. The van der Waals surface area contributed by atoms with Gasteiger partial charge in [-0.25, -0.2) is 9.07 Å². The van der Waals surface area contributed by atoms with Crippen molar-refractivity contribution >= 4 is 18.3 Å². The molecule has 3 heterocycles. The molecule has 1 aliphatic carbocycles. The molecule has 0 bridgehead atoms. The summed E-state index contributed by atoms with van der Waals surface area (Å²) in [6, 6.07) is 6.64. The van der Waals surface area contributed by atoms with Crippen molar-refractivity contribution < 1.29 is 9.18 Å². The second-order valence-electron chi connectivity index (χ2n) is 7.38. The number of carbonyl (C=O) groups excluding carboxylic acids is 1. The summed E-state index contributed by atoms with van der Waals surface area (Å²) in [6.07, 6.45) is 2.70. The van der Waals surface area contributed by atoms with Crippen LogP contribution < -0.4 is 5.32 Å². The zero-order valence-corrected chi connectivity index (χ0v) is 15.3. The fraction of sp³-hybridized carbons (Fsp3) is 0.474. The van der Waals surface area contributed by atoms with E-state index in [1.54, 1.807) is 22.9 Å². The maximum Gasteiger partial charge on any atom is 0.274 e. The number of nitrogens with one attached hydrogen (secondary N) is 1. The van der Waals surface area contributed by atoms with Gasteiger partial charge in [-0.05, 0) is 43.2 Å². The number of aromatic nitrogens is 2. The average molecular weight is 377 g/mol. The van der Waals surface area contributed by atoms with E-state index in [1.165, 1.54) is 6.07 Å². The van der Waals surface area contributed by atoms with Crippen molar-refractivity contribution in [1.29, 1.82) is 0 Å². The van der Waals surface area contributed by atoms with Crippen LogP contribution in [0.4, 0.5) is 4.39 Å². The molecule has 2 fully saturated rings. The summed E-state index contributed by atoms with van der Waals surface area (Å²) in [6.45, 7) is 3.60. The van der Waals surface area contributed by atoms with Crippen molar-refractivity contribution in [2.45, 2.75) is 19.3 Å². The molecule has 5 rings (SSSR count). The lowest BCUT2D eigenvalue weighted by atomic mass is 10.0. The summed E-state index contributed by atoms with van der Waals surface area (Å²) in [5.41, 5.74) is 2.98. The van der Waals surface area contributed by atoms with Gasteiger partial charge in [0, 0.05) is 37.4 Å². The molecule has 26 heavy (non-hydrogen) atoms. The number of amides is 1. The van der Waals surface area contributed by atoms with Crippen LogP contribution >= 0.6 is 12.4 Å². The van der Waals surface area contributed by atoms with Gasteiger partial charge in [-0.3, -0.25) is 4.79 Å². The Kier molecular flexibility index (Phi) is 4.49.